The summed E-state index contributed by atoms with van der Waals surface area (Å²) in [5.74, 6) is -0.583. The third-order valence-electron chi connectivity index (χ3n) is 2.82. The Balaban J connectivity index is 2.50. The first-order valence-corrected chi connectivity index (χ1v) is 8.32. The molecule has 18 heavy (non-hydrogen) atoms. The molecular weight excluding hydrogens is 396 g/mol. The lowest BCUT2D eigenvalue weighted by molar-refractivity contribution is -0.520. The zero-order valence-corrected chi connectivity index (χ0v) is 13.1. The lowest BCUT2D eigenvalue weighted by Crippen LogP contribution is -2.46. The van der Waals surface area contributed by atoms with E-state index in [2.05, 4.69) is 31.9 Å². The van der Waals surface area contributed by atoms with Gasteiger partial charge in [-0.15, -0.1) is 0 Å². The van der Waals surface area contributed by atoms with Crippen LogP contribution in [0.1, 0.15) is 0 Å². The van der Waals surface area contributed by atoms with Crippen LogP contribution in [0.15, 0.2) is 9.51 Å². The summed E-state index contributed by atoms with van der Waals surface area (Å²) in [6, 6.07) is 0. The minimum atomic E-state index is -3.65. The maximum Gasteiger partial charge on any atom is 0.329 e. The van der Waals surface area contributed by atoms with E-state index in [-0.39, 0.29) is 9.51 Å². The Morgan fingerprint density at radius 3 is 2.44 bits per heavy atom. The quantitative estimate of drug-likeness (QED) is 0.290. The highest BCUT2D eigenvalue weighted by Crippen LogP contribution is 2.45. The summed E-state index contributed by atoms with van der Waals surface area (Å²) < 4.78 is 27.0. The van der Waals surface area contributed by atoms with Gasteiger partial charge in [-0.1, -0.05) is 0 Å². The first kappa shape index (κ1) is 14.2. The second-order valence-electron chi connectivity index (χ2n) is 4.00. The van der Waals surface area contributed by atoms with Gasteiger partial charge >= 0.3 is 4.45 Å². The average Bonchev–Trinajstić information content (AvgIpc) is 2.48. The van der Waals surface area contributed by atoms with Crippen molar-refractivity contribution in [1.82, 2.24) is 4.90 Å². The maximum atomic E-state index is 11.8. The first-order chi connectivity index (χ1) is 8.29. The molecule has 0 aromatic heterocycles. The van der Waals surface area contributed by atoms with Crippen molar-refractivity contribution in [3.05, 3.63) is 19.6 Å². The summed E-state index contributed by atoms with van der Waals surface area (Å²) in [4.78, 5) is 12.3. The van der Waals surface area contributed by atoms with E-state index in [9.17, 15) is 18.5 Å². The largest absolute Gasteiger partial charge is 0.378 e. The molecule has 0 radical (unpaired) electrons. The van der Waals surface area contributed by atoms with Gasteiger partial charge in [0, 0.05) is 33.9 Å². The smallest absolute Gasteiger partial charge is 0.329 e. The second kappa shape index (κ2) is 4.73. The molecule has 0 saturated carbocycles. The van der Waals surface area contributed by atoms with Gasteiger partial charge in [-0.3, -0.25) is 10.1 Å². The summed E-state index contributed by atoms with van der Waals surface area (Å²) in [6.07, 6.45) is 0. The molecule has 0 aromatic rings. The van der Waals surface area contributed by atoms with Crippen molar-refractivity contribution in [2.24, 2.45) is 0 Å². The van der Waals surface area contributed by atoms with Crippen LogP contribution in [0.2, 0.25) is 0 Å². The number of hydrogen-bond acceptors (Lipinski definition) is 6. The van der Waals surface area contributed by atoms with Crippen molar-refractivity contribution in [3.63, 3.8) is 0 Å². The van der Waals surface area contributed by atoms with Gasteiger partial charge in [-0.2, -0.15) is 0 Å². The van der Waals surface area contributed by atoms with Gasteiger partial charge in [0.05, 0.1) is 13.2 Å². The highest BCUT2D eigenvalue weighted by molar-refractivity contribution is 9.14. The molecule has 1 unspecified atom stereocenters. The Morgan fingerprint density at radius 2 is 1.94 bits per heavy atom. The van der Waals surface area contributed by atoms with Gasteiger partial charge in [-0.25, -0.2) is 8.42 Å². The fourth-order valence-corrected chi connectivity index (χ4v) is 6.11. The van der Waals surface area contributed by atoms with Crippen LogP contribution in [-0.4, -0.2) is 54.7 Å². The molecule has 0 bridgehead atoms. The summed E-state index contributed by atoms with van der Waals surface area (Å²) in [5.41, 5.74) is 0.163. The number of sulfone groups is 1. The van der Waals surface area contributed by atoms with E-state index in [1.165, 1.54) is 0 Å². The van der Waals surface area contributed by atoms with E-state index in [1.54, 1.807) is 4.90 Å². The molecule has 1 saturated heterocycles. The van der Waals surface area contributed by atoms with Crippen molar-refractivity contribution in [2.45, 2.75) is 4.45 Å². The van der Waals surface area contributed by atoms with Gasteiger partial charge < -0.3 is 9.64 Å². The van der Waals surface area contributed by atoms with Crippen molar-refractivity contribution >= 4 is 41.7 Å². The fourth-order valence-electron chi connectivity index (χ4n) is 1.97. The molecule has 2 heterocycles. The summed E-state index contributed by atoms with van der Waals surface area (Å²) >= 11 is 5.96. The standard InChI is InChI=1S/C8H10Br2N2O5S/c9-7-6(11-1-3-17-4-2-11)8(10,12(13)14)5-18(7,15)16/h1-5H2. The average molecular weight is 406 g/mol. The van der Waals surface area contributed by atoms with E-state index in [1.807, 2.05) is 0 Å². The molecule has 0 spiro atoms. The van der Waals surface area contributed by atoms with E-state index >= 15 is 0 Å². The van der Waals surface area contributed by atoms with Gasteiger partial charge in [0.25, 0.3) is 0 Å². The third-order valence-corrected chi connectivity index (χ3v) is 7.53. The summed E-state index contributed by atoms with van der Waals surface area (Å²) in [5, 5.41) is 11.2. The highest BCUT2D eigenvalue weighted by Gasteiger charge is 2.59. The number of alkyl halides is 1. The van der Waals surface area contributed by atoms with Crippen molar-refractivity contribution in [3.8, 4) is 0 Å². The van der Waals surface area contributed by atoms with Crippen LogP contribution in [0.5, 0.6) is 0 Å². The predicted molar refractivity (Wildman–Crippen MR) is 70.8 cm³/mol. The fraction of sp³-hybridized carbons (Fsp3) is 0.750. The van der Waals surface area contributed by atoms with Gasteiger partial charge in [0.2, 0.25) is 0 Å². The molecule has 0 aliphatic carbocycles. The minimum absolute atomic E-state index is 0.106. The molecule has 1 fully saturated rings. The number of nitro groups is 1. The maximum absolute atomic E-state index is 11.8. The Morgan fingerprint density at radius 1 is 1.39 bits per heavy atom. The topological polar surface area (TPSA) is 89.8 Å². The first-order valence-electron chi connectivity index (χ1n) is 5.08. The monoisotopic (exact) mass is 404 g/mol. The normalized spacial score (nSPS) is 31.8. The predicted octanol–water partition coefficient (Wildman–Crippen LogP) is 0.679. The van der Waals surface area contributed by atoms with Crippen LogP contribution in [0.4, 0.5) is 0 Å². The number of rotatable bonds is 2. The number of ether oxygens (including phenoxy) is 1. The van der Waals surface area contributed by atoms with Crippen LogP contribution in [0.3, 0.4) is 0 Å². The van der Waals surface area contributed by atoms with E-state index in [4.69, 9.17) is 4.74 Å². The molecular formula is C8H10Br2N2O5S. The molecule has 0 N–H and O–H groups in total. The molecule has 2 aliphatic heterocycles. The Labute approximate surface area is 120 Å². The second-order valence-corrected chi connectivity index (χ2v) is 8.55. The molecule has 0 aromatic carbocycles. The van der Waals surface area contributed by atoms with Crippen LogP contribution < -0.4 is 0 Å². The lowest BCUT2D eigenvalue weighted by Gasteiger charge is -2.32. The highest BCUT2D eigenvalue weighted by atomic mass is 79.9. The molecule has 10 heteroatoms. The zero-order valence-electron chi connectivity index (χ0n) is 9.14. The van der Waals surface area contributed by atoms with Crippen LogP contribution in [0, 0.1) is 10.1 Å². The molecule has 1 atom stereocenters. The molecule has 7 nitrogen and oxygen atoms in total. The van der Waals surface area contributed by atoms with Gasteiger partial charge in [0.15, 0.2) is 9.84 Å². The van der Waals surface area contributed by atoms with Gasteiger partial charge in [0.1, 0.15) is 15.3 Å². The van der Waals surface area contributed by atoms with Crippen LogP contribution in [-0.2, 0) is 14.6 Å². The molecule has 102 valence electrons. The van der Waals surface area contributed by atoms with Crippen LogP contribution in [0.25, 0.3) is 0 Å². The van der Waals surface area contributed by atoms with E-state index in [0.29, 0.717) is 26.3 Å². The summed E-state index contributed by atoms with van der Waals surface area (Å²) in [7, 11) is -3.65. The summed E-state index contributed by atoms with van der Waals surface area (Å²) in [6.45, 7) is 1.71. The van der Waals surface area contributed by atoms with E-state index in [0.717, 1.165) is 0 Å². The lowest BCUT2D eigenvalue weighted by atomic mass is 10.2. The Kier molecular flexibility index (Phi) is 3.74. The minimum Gasteiger partial charge on any atom is -0.378 e. The number of halogens is 2. The zero-order chi connectivity index (χ0) is 13.6. The van der Waals surface area contributed by atoms with Crippen molar-refractivity contribution in [2.75, 3.05) is 32.1 Å². The molecule has 2 aliphatic rings. The van der Waals surface area contributed by atoms with Crippen molar-refractivity contribution in [1.29, 1.82) is 0 Å². The van der Waals surface area contributed by atoms with Crippen molar-refractivity contribution < 1.29 is 18.1 Å². The van der Waals surface area contributed by atoms with Crippen LogP contribution >= 0.6 is 31.9 Å². The third kappa shape index (κ3) is 2.19. The number of hydrogen-bond donors (Lipinski definition) is 0. The molecule has 2 rings (SSSR count). The van der Waals surface area contributed by atoms with Gasteiger partial charge in [-0.05, 0) is 15.9 Å². The van der Waals surface area contributed by atoms with E-state index < -0.39 is 25.0 Å². The number of morpholine rings is 1. The Bertz CT molecular complexity index is 514. The number of nitrogens with zero attached hydrogens (tertiary/aromatic N) is 2. The molecule has 0 amide bonds. The Hall–Kier alpha value is -0.190. The SMILES string of the molecule is O=[N+]([O-])C1(Br)CS(=O)(=O)C(Br)=C1N1CCOCC1.